The van der Waals surface area contributed by atoms with Crippen LogP contribution < -0.4 is 169 Å². The van der Waals surface area contributed by atoms with E-state index >= 15 is 0 Å². The molecule has 0 aliphatic rings. The van der Waals surface area contributed by atoms with Gasteiger partial charge in [0, 0.05) is 78.7 Å². The van der Waals surface area contributed by atoms with Gasteiger partial charge < -0.3 is 34.9 Å². The number of fused-ring (bicyclic) bond motifs is 4. The summed E-state index contributed by atoms with van der Waals surface area (Å²) in [4.78, 5) is 48.0. The smallest absolute Gasteiger partial charge is 0.752 e. The molecule has 0 bridgehead atoms. The van der Waals surface area contributed by atoms with Crippen LogP contribution in [0.5, 0.6) is 0 Å². The van der Waals surface area contributed by atoms with E-state index in [9.17, 15) is 53.3 Å². The summed E-state index contributed by atoms with van der Waals surface area (Å²) < 4.78 is 108. The fourth-order valence-electron chi connectivity index (χ4n) is 9.35. The van der Waals surface area contributed by atoms with Gasteiger partial charge in [-0.15, -0.1) is 34.4 Å². The van der Waals surface area contributed by atoms with Crippen molar-refractivity contribution in [3.63, 3.8) is 0 Å². The average Bonchev–Trinajstić information content (AvgIpc) is 3.59. The maximum absolute atomic E-state index is 13.8. The van der Waals surface area contributed by atoms with E-state index < -0.39 is 46.2 Å². The van der Waals surface area contributed by atoms with E-state index in [0.29, 0.717) is 89.5 Å². The average molecular weight is 1230 g/mol. The Morgan fingerprint density at radius 2 is 1.00 bits per heavy atom. The van der Waals surface area contributed by atoms with E-state index in [1.54, 1.807) is 79.7 Å². The Morgan fingerprint density at radius 1 is 0.500 bits per heavy atom. The minimum Gasteiger partial charge on any atom is -0.752 e. The molecule has 2 heterocycles. The van der Waals surface area contributed by atoms with Crippen molar-refractivity contribution in [3.8, 4) is 0 Å². The van der Waals surface area contributed by atoms with E-state index in [0.717, 1.165) is 23.4 Å². The zero-order valence-corrected chi connectivity index (χ0v) is 59.2. The minimum absolute atomic E-state index is 0. The number of hydrogen-bond acceptors (Lipinski definition) is 16. The minimum atomic E-state index is -5.29. The molecule has 10 rings (SSSR count). The van der Waals surface area contributed by atoms with Gasteiger partial charge in [-0.3, -0.25) is 19.6 Å². The van der Waals surface area contributed by atoms with Gasteiger partial charge in [-0.05, 0) is 109 Å². The van der Waals surface area contributed by atoms with Gasteiger partial charge in [0.2, 0.25) is 0 Å². The number of carbonyl (C=O) groups is 3. The zero-order chi connectivity index (χ0) is 56.1. The number of anilines is 6. The number of Topliss-reactive ketones (excluding diaryl/α,β-unsaturated/α-hetero) is 2. The number of amides is 2. The molecule has 84 heavy (non-hydrogen) atoms. The maximum atomic E-state index is 13.8. The van der Waals surface area contributed by atoms with Crippen LogP contribution in [0.15, 0.2) is 160 Å². The molecular weight excluding hydrogens is 1180 g/mol. The first-order chi connectivity index (χ1) is 37.4. The number of hydrogen-bond donors (Lipinski definition) is 4. The largest absolute Gasteiger partial charge is 1.00 e. The second-order valence-corrected chi connectivity index (χ2v) is 22.9. The molecule has 0 aliphatic carbocycles. The molecule has 2 aromatic heterocycles. The summed E-state index contributed by atoms with van der Waals surface area (Å²) in [6.45, 7) is 5.42. The van der Waals surface area contributed by atoms with Gasteiger partial charge in [0.25, 0.3) is 0 Å². The molecule has 10 aromatic rings. The van der Waals surface area contributed by atoms with Gasteiger partial charge in [0.05, 0.1) is 21.2 Å². The Morgan fingerprint density at radius 3 is 1.50 bits per heavy atom. The Hall–Kier alpha value is -3.96. The van der Waals surface area contributed by atoms with Crippen LogP contribution in [0.25, 0.3) is 43.4 Å². The number of rotatable bonds is 15. The van der Waals surface area contributed by atoms with Gasteiger partial charge >= 0.3 is 154 Å². The third-order valence-corrected chi connectivity index (χ3v) is 15.3. The monoisotopic (exact) mass is 1220 g/mol. The topological polar surface area (TPSA) is 297 Å². The SMILES string of the molecule is Cc1cc(Nc2cc(C)nc3ccc(CC(=O)c4cccc(NC(=O)Nc5cccc(C(=O)Cc6ccc7nc(C)cc(Nc8c[c-]cc9cc(S(=O)(=O)[O-])cc(S(=O)(=O)[O-])c89)c7c6)c5)c4)cc23)c2[c-]cc(S(=O)(=O)[O-])cc2c1.[Na+].[Na+].[Na+].[Na+].[Na+]. The van der Waals surface area contributed by atoms with Crippen molar-refractivity contribution in [1.29, 1.82) is 0 Å². The summed E-state index contributed by atoms with van der Waals surface area (Å²) in [5.74, 6) is -0.533. The third kappa shape index (κ3) is 16.6. The Balaban J connectivity index is 0.00000258. The normalized spacial score (nSPS) is 11.3. The summed E-state index contributed by atoms with van der Waals surface area (Å²) in [5.41, 5.74) is 7.53. The summed E-state index contributed by atoms with van der Waals surface area (Å²) in [6.07, 6.45) is -0.0833. The van der Waals surface area contributed by atoms with Gasteiger partial charge in [-0.2, -0.15) is 18.2 Å². The number of carbonyl (C=O) groups excluding carboxylic acids is 3. The number of aryl methyl sites for hydroxylation is 3. The van der Waals surface area contributed by atoms with Crippen molar-refractivity contribution < 1.29 is 201 Å². The molecule has 398 valence electrons. The molecule has 8 aromatic carbocycles. The second kappa shape index (κ2) is 28.9. The number of benzene rings is 8. The van der Waals surface area contributed by atoms with Crippen LogP contribution in [0.3, 0.4) is 0 Å². The quantitative estimate of drug-likeness (QED) is 0.0325. The van der Waals surface area contributed by atoms with Crippen LogP contribution >= 0.6 is 0 Å². The van der Waals surface area contributed by atoms with Crippen LogP contribution in [-0.2, 0) is 43.2 Å². The first-order valence-corrected chi connectivity index (χ1v) is 28.2. The van der Waals surface area contributed by atoms with Crippen LogP contribution in [0.4, 0.5) is 38.9 Å². The van der Waals surface area contributed by atoms with Gasteiger partial charge in [-0.1, -0.05) is 71.2 Å². The molecule has 0 saturated heterocycles. The summed E-state index contributed by atoms with van der Waals surface area (Å²) in [7, 11) is -15.1. The number of nitrogens with one attached hydrogen (secondary N) is 4. The van der Waals surface area contributed by atoms with Crippen LogP contribution in [-0.4, -0.2) is 66.5 Å². The number of urea groups is 1. The molecule has 0 fully saturated rings. The van der Waals surface area contributed by atoms with Crippen LogP contribution in [0.2, 0.25) is 0 Å². The van der Waals surface area contributed by atoms with Crippen molar-refractivity contribution in [2.75, 3.05) is 21.3 Å². The second-order valence-electron chi connectivity index (χ2n) is 18.7. The molecule has 0 unspecified atom stereocenters. The van der Waals surface area contributed by atoms with Crippen molar-refractivity contribution in [2.24, 2.45) is 0 Å². The Kier molecular flexibility index (Phi) is 24.4. The van der Waals surface area contributed by atoms with E-state index in [-0.39, 0.29) is 199 Å². The van der Waals surface area contributed by atoms with E-state index in [4.69, 9.17) is 0 Å². The molecule has 4 N–H and O–H groups in total. The number of pyridine rings is 2. The van der Waals surface area contributed by atoms with Gasteiger partial charge in [0.15, 0.2) is 11.6 Å². The van der Waals surface area contributed by atoms with Crippen LogP contribution in [0.1, 0.15) is 48.8 Å². The van der Waals surface area contributed by atoms with Gasteiger partial charge in [-0.25, -0.2) is 30.0 Å². The molecule has 18 nitrogen and oxygen atoms in total. The molecular formula is C58H41N6Na5O12S3. The van der Waals surface area contributed by atoms with E-state index in [2.05, 4.69) is 43.4 Å². The molecule has 0 aliphatic heterocycles. The predicted octanol–water partition coefficient (Wildman–Crippen LogP) is -4.67. The Bertz CT molecular complexity index is 4620. The Labute approximate surface area is 594 Å². The predicted molar refractivity (Wildman–Crippen MR) is 295 cm³/mol. The molecule has 0 radical (unpaired) electrons. The standard InChI is InChI=1S/C58H44N6O12S3.5Na/c1-32-19-40-30-43(77(68,69)70)15-16-45(40)51(20-32)64-53-22-34(3)60-49-18-14-36(24-47(49)53)26-55(66)38-8-5-11-42(28-38)62-58(67)61-41-10-4-7-37(27-41)54(65)25-35-13-17-48-46(23-35)52(21-33(2)59-48)63-50-12-6-9-39-29-44(78(71,72)73)31-56(57(39)50)79(74,75)76;;;;;/h4-5,7-15,17-24,27-31H,25-26H2,1-3H3,(H,59,63)(H,60,64)(H2,61,62,67)(H,68,69,70)(H,71,72,73)(H,74,75,76);;;;;/q-2;5*+1/p-3. The van der Waals surface area contributed by atoms with Crippen molar-refractivity contribution in [1.82, 2.24) is 9.97 Å². The van der Waals surface area contributed by atoms with Crippen molar-refractivity contribution >= 4 is 125 Å². The number of ketones is 2. The van der Waals surface area contributed by atoms with Gasteiger partial charge in [0.1, 0.15) is 20.2 Å². The molecule has 26 heteroatoms. The van der Waals surface area contributed by atoms with E-state index in [1.807, 2.05) is 44.2 Å². The number of aromatic nitrogens is 2. The maximum Gasteiger partial charge on any atom is 1.00 e. The van der Waals surface area contributed by atoms with E-state index in [1.165, 1.54) is 24.3 Å². The van der Waals surface area contributed by atoms with Crippen molar-refractivity contribution in [2.45, 2.75) is 48.3 Å². The molecule has 0 spiro atoms. The van der Waals surface area contributed by atoms with Crippen LogP contribution in [0, 0.1) is 32.9 Å². The summed E-state index contributed by atoms with van der Waals surface area (Å²) in [6, 6.07) is 42.3. The molecule has 2 amide bonds. The molecule has 0 atom stereocenters. The number of nitrogens with zero attached hydrogens (tertiary/aromatic N) is 2. The molecule has 0 saturated carbocycles. The summed E-state index contributed by atoms with van der Waals surface area (Å²) in [5, 5.41) is 14.2. The fourth-order valence-corrected chi connectivity index (χ4v) is 11.2. The van der Waals surface area contributed by atoms with Crippen molar-refractivity contribution in [3.05, 3.63) is 197 Å². The third-order valence-electron chi connectivity index (χ3n) is 12.8. The zero-order valence-electron chi connectivity index (χ0n) is 46.8. The fraction of sp³-hybridized carbons (Fsp3) is 0.0862. The first kappa shape index (κ1) is 70.8. The first-order valence-electron chi connectivity index (χ1n) is 23.9. The summed E-state index contributed by atoms with van der Waals surface area (Å²) >= 11 is 0.